The van der Waals surface area contributed by atoms with E-state index in [4.69, 9.17) is 0 Å². The minimum absolute atomic E-state index is 0.193. The molecule has 6 heteroatoms. The molecule has 0 N–H and O–H groups in total. The van der Waals surface area contributed by atoms with Crippen molar-refractivity contribution in [1.82, 2.24) is 19.5 Å². The molecule has 0 saturated heterocycles. The Morgan fingerprint density at radius 1 is 1.41 bits per heavy atom. The van der Waals surface area contributed by atoms with E-state index in [2.05, 4.69) is 19.7 Å². The van der Waals surface area contributed by atoms with Crippen molar-refractivity contribution in [2.45, 2.75) is 19.8 Å². The molecule has 0 fully saturated rings. The summed E-state index contributed by atoms with van der Waals surface area (Å²) in [5, 5.41) is 0. The molecule has 0 aromatic carbocycles. The van der Waals surface area contributed by atoms with Gasteiger partial charge < -0.3 is 9.30 Å². The molecule has 0 unspecified atom stereocenters. The Morgan fingerprint density at radius 3 is 2.71 bits per heavy atom. The minimum Gasteiger partial charge on any atom is -0.464 e. The number of carbonyl (C=O) groups excluding carboxylic acids is 1. The first-order chi connectivity index (χ1) is 8.04. The molecule has 6 nitrogen and oxygen atoms in total. The van der Waals surface area contributed by atoms with Crippen LogP contribution in [0, 0.1) is 0 Å². The maximum atomic E-state index is 11.4. The highest BCUT2D eigenvalue weighted by Crippen LogP contribution is 2.17. The van der Waals surface area contributed by atoms with E-state index in [0.29, 0.717) is 11.3 Å². The van der Waals surface area contributed by atoms with Crippen LogP contribution in [0.4, 0.5) is 0 Å². The van der Waals surface area contributed by atoms with Gasteiger partial charge in [0.1, 0.15) is 5.82 Å². The molecular formula is C11H14N4O2. The van der Waals surface area contributed by atoms with E-state index in [1.54, 1.807) is 0 Å². The number of aromatic nitrogens is 4. The lowest BCUT2D eigenvalue weighted by molar-refractivity contribution is 0.0594. The van der Waals surface area contributed by atoms with Gasteiger partial charge in [-0.1, -0.05) is 13.8 Å². The fraction of sp³-hybridized carbons (Fsp3) is 0.455. The predicted molar refractivity (Wildman–Crippen MR) is 61.7 cm³/mol. The Balaban J connectivity index is 2.61. The Bertz CT molecular complexity index is 574. The normalized spacial score (nSPS) is 11.1. The van der Waals surface area contributed by atoms with Gasteiger partial charge in [0.25, 0.3) is 0 Å². The van der Waals surface area contributed by atoms with E-state index in [-0.39, 0.29) is 11.6 Å². The maximum Gasteiger partial charge on any atom is 0.358 e. The fourth-order valence-electron chi connectivity index (χ4n) is 1.69. The highest BCUT2D eigenvalue weighted by molar-refractivity contribution is 5.88. The van der Waals surface area contributed by atoms with E-state index in [1.165, 1.54) is 13.3 Å². The van der Waals surface area contributed by atoms with Gasteiger partial charge >= 0.3 is 5.97 Å². The van der Waals surface area contributed by atoms with E-state index in [9.17, 15) is 4.79 Å². The molecule has 0 aliphatic carbocycles. The SMILES string of the molecule is COC(=O)c1cnc2nc(C(C)C)n(C)c2n1. The Kier molecular flexibility index (Phi) is 2.79. The van der Waals surface area contributed by atoms with Crippen LogP contribution in [0.3, 0.4) is 0 Å². The number of imidazole rings is 1. The van der Waals surface area contributed by atoms with Gasteiger partial charge in [-0.2, -0.15) is 0 Å². The maximum absolute atomic E-state index is 11.4. The van der Waals surface area contributed by atoms with E-state index in [0.717, 1.165) is 5.82 Å². The molecule has 90 valence electrons. The number of esters is 1. The van der Waals surface area contributed by atoms with Crippen molar-refractivity contribution in [2.75, 3.05) is 7.11 Å². The second-order valence-electron chi connectivity index (χ2n) is 4.08. The van der Waals surface area contributed by atoms with Gasteiger partial charge in [-0.15, -0.1) is 0 Å². The van der Waals surface area contributed by atoms with Crippen molar-refractivity contribution in [2.24, 2.45) is 7.05 Å². The summed E-state index contributed by atoms with van der Waals surface area (Å²) in [5.41, 5.74) is 1.33. The molecule has 0 aliphatic rings. The molecule has 0 radical (unpaired) electrons. The zero-order valence-electron chi connectivity index (χ0n) is 10.3. The number of fused-ring (bicyclic) bond motifs is 1. The van der Waals surface area contributed by atoms with Gasteiger partial charge in [0.2, 0.25) is 0 Å². The van der Waals surface area contributed by atoms with Crippen molar-refractivity contribution in [3.63, 3.8) is 0 Å². The molecule has 2 heterocycles. The van der Waals surface area contributed by atoms with Gasteiger partial charge in [-0.05, 0) is 0 Å². The Morgan fingerprint density at radius 2 is 2.12 bits per heavy atom. The van der Waals surface area contributed by atoms with Gasteiger partial charge in [0.05, 0.1) is 13.3 Å². The third-order valence-corrected chi connectivity index (χ3v) is 2.53. The first-order valence-electron chi connectivity index (χ1n) is 5.32. The van der Waals surface area contributed by atoms with Gasteiger partial charge in [0.15, 0.2) is 17.0 Å². The van der Waals surface area contributed by atoms with E-state index < -0.39 is 5.97 Å². The fourth-order valence-corrected chi connectivity index (χ4v) is 1.69. The average molecular weight is 234 g/mol. The van der Waals surface area contributed by atoms with Crippen LogP contribution in [0.25, 0.3) is 11.3 Å². The summed E-state index contributed by atoms with van der Waals surface area (Å²) in [5.74, 6) is 0.672. The van der Waals surface area contributed by atoms with Gasteiger partial charge in [-0.25, -0.2) is 19.7 Å². The minimum atomic E-state index is -0.494. The van der Waals surface area contributed by atoms with Gasteiger partial charge in [-0.3, -0.25) is 0 Å². The highest BCUT2D eigenvalue weighted by Gasteiger charge is 2.16. The molecule has 0 atom stereocenters. The summed E-state index contributed by atoms with van der Waals surface area (Å²) in [7, 11) is 3.18. The van der Waals surface area contributed by atoms with Crippen LogP contribution in [-0.2, 0) is 11.8 Å². The molecule has 0 bridgehead atoms. The van der Waals surface area contributed by atoms with Crippen LogP contribution in [0.5, 0.6) is 0 Å². The molecular weight excluding hydrogens is 220 g/mol. The van der Waals surface area contributed by atoms with Crippen molar-refractivity contribution in [3.8, 4) is 0 Å². The van der Waals surface area contributed by atoms with E-state index in [1.807, 2.05) is 25.5 Å². The zero-order valence-corrected chi connectivity index (χ0v) is 10.3. The molecule has 17 heavy (non-hydrogen) atoms. The Hall–Kier alpha value is -1.98. The van der Waals surface area contributed by atoms with Crippen LogP contribution in [0.2, 0.25) is 0 Å². The number of ether oxygens (including phenoxy) is 1. The molecule has 2 aromatic rings. The molecule has 0 spiro atoms. The largest absolute Gasteiger partial charge is 0.464 e. The zero-order chi connectivity index (χ0) is 12.6. The molecule has 2 rings (SSSR count). The number of hydrogen-bond donors (Lipinski definition) is 0. The monoisotopic (exact) mass is 234 g/mol. The second kappa shape index (κ2) is 4.12. The van der Waals surface area contributed by atoms with Crippen LogP contribution in [0.1, 0.15) is 36.1 Å². The highest BCUT2D eigenvalue weighted by atomic mass is 16.5. The third-order valence-electron chi connectivity index (χ3n) is 2.53. The molecule has 2 aromatic heterocycles. The number of aryl methyl sites for hydroxylation is 1. The van der Waals surface area contributed by atoms with Gasteiger partial charge in [0, 0.05) is 13.0 Å². The molecule has 0 saturated carbocycles. The predicted octanol–water partition coefficient (Wildman–Crippen LogP) is 1.27. The number of nitrogens with zero attached hydrogens (tertiary/aromatic N) is 4. The topological polar surface area (TPSA) is 69.9 Å². The number of hydrogen-bond acceptors (Lipinski definition) is 5. The summed E-state index contributed by atoms with van der Waals surface area (Å²) in [6.07, 6.45) is 1.38. The average Bonchev–Trinajstić information content (AvgIpc) is 2.65. The quantitative estimate of drug-likeness (QED) is 0.732. The van der Waals surface area contributed by atoms with E-state index >= 15 is 0 Å². The van der Waals surface area contributed by atoms with Crippen LogP contribution in [-0.4, -0.2) is 32.6 Å². The van der Waals surface area contributed by atoms with Crippen LogP contribution >= 0.6 is 0 Å². The third kappa shape index (κ3) is 1.86. The lowest BCUT2D eigenvalue weighted by atomic mass is 10.2. The first kappa shape index (κ1) is 11.5. The van der Waals surface area contributed by atoms with Crippen LogP contribution < -0.4 is 0 Å². The number of carbonyl (C=O) groups is 1. The summed E-state index contributed by atoms with van der Waals surface area (Å²) in [4.78, 5) is 24.1. The number of methoxy groups -OCH3 is 1. The van der Waals surface area contributed by atoms with Crippen molar-refractivity contribution >= 4 is 17.3 Å². The molecule has 0 amide bonds. The first-order valence-corrected chi connectivity index (χ1v) is 5.32. The summed E-state index contributed by atoms with van der Waals surface area (Å²) < 4.78 is 6.45. The summed E-state index contributed by atoms with van der Waals surface area (Å²) in [6, 6.07) is 0. The summed E-state index contributed by atoms with van der Waals surface area (Å²) >= 11 is 0. The Labute approximate surface area is 98.7 Å². The second-order valence-corrected chi connectivity index (χ2v) is 4.08. The number of rotatable bonds is 2. The van der Waals surface area contributed by atoms with Crippen molar-refractivity contribution in [3.05, 3.63) is 17.7 Å². The molecule has 0 aliphatic heterocycles. The smallest absolute Gasteiger partial charge is 0.358 e. The lowest BCUT2D eigenvalue weighted by Crippen LogP contribution is -2.06. The summed E-state index contributed by atoms with van der Waals surface area (Å²) in [6.45, 7) is 4.09. The lowest BCUT2D eigenvalue weighted by Gasteiger charge is -2.03. The standard InChI is InChI=1S/C11H14N4O2/c1-6(2)9-14-8-10(15(9)3)13-7(5-12-8)11(16)17-4/h5-6H,1-4H3. The van der Waals surface area contributed by atoms with Crippen molar-refractivity contribution in [1.29, 1.82) is 0 Å². The van der Waals surface area contributed by atoms with Crippen LogP contribution in [0.15, 0.2) is 6.20 Å². The van der Waals surface area contributed by atoms with Crippen molar-refractivity contribution < 1.29 is 9.53 Å².